The maximum atomic E-state index is 14.7. The van der Waals surface area contributed by atoms with Gasteiger partial charge in [0.2, 0.25) is 11.8 Å². The van der Waals surface area contributed by atoms with E-state index in [-0.39, 0.29) is 30.2 Å². The predicted octanol–water partition coefficient (Wildman–Crippen LogP) is 4.54. The molecule has 1 saturated heterocycles. The van der Waals surface area contributed by atoms with Gasteiger partial charge in [0.25, 0.3) is 5.91 Å². The highest BCUT2D eigenvalue weighted by molar-refractivity contribution is 6.09. The number of benzene rings is 3. The van der Waals surface area contributed by atoms with E-state index in [4.69, 9.17) is 26.6 Å². The first kappa shape index (κ1) is 39.2. The second kappa shape index (κ2) is 18.2. The first-order valence-electron chi connectivity index (χ1n) is 18.9. The quantitative estimate of drug-likeness (QED) is 0.0332. The Balaban J connectivity index is 1.36. The van der Waals surface area contributed by atoms with E-state index in [9.17, 15) is 9.59 Å². The molecule has 2 amide bonds. The van der Waals surface area contributed by atoms with Crippen molar-refractivity contribution in [2.24, 2.45) is 11.5 Å². The van der Waals surface area contributed by atoms with Crippen LogP contribution in [0.2, 0.25) is 0 Å². The Kier molecular flexibility index (Phi) is 13.4. The zero-order valence-corrected chi connectivity index (χ0v) is 31.5. The number of likely N-dealkylation sites (N-methyl/N-ethyl adjacent to an activating group) is 1. The normalized spacial score (nSPS) is 17.8. The minimum absolute atomic E-state index is 0.0996. The molecule has 7 N–H and O–H groups in total. The van der Waals surface area contributed by atoms with Gasteiger partial charge in [-0.25, -0.2) is 4.98 Å². The van der Waals surface area contributed by atoms with Gasteiger partial charge in [-0.3, -0.25) is 20.3 Å². The number of hydrogen-bond acceptors (Lipinski definition) is 6. The highest BCUT2D eigenvalue weighted by Gasteiger charge is 2.50. The lowest BCUT2D eigenvalue weighted by Crippen LogP contribution is -2.67. The molecule has 0 aliphatic carbocycles. The smallest absolute Gasteiger partial charge is 0.252 e. The molecule has 2 atom stereocenters. The van der Waals surface area contributed by atoms with Gasteiger partial charge in [-0.2, -0.15) is 0 Å². The number of primary amides is 1. The fraction of sp³-hybridized carbons (Fsp3) is 0.429. The van der Waals surface area contributed by atoms with Crippen LogP contribution in [0.4, 0.5) is 0 Å². The number of rotatable bonds is 18. The Bertz CT molecular complexity index is 1780. The van der Waals surface area contributed by atoms with Gasteiger partial charge in [0.15, 0.2) is 11.5 Å². The fourth-order valence-electron chi connectivity index (χ4n) is 7.42. The van der Waals surface area contributed by atoms with Crippen LogP contribution in [0.25, 0.3) is 10.8 Å². The summed E-state index contributed by atoms with van der Waals surface area (Å²) in [6.07, 6.45) is 4.29. The lowest BCUT2D eigenvalue weighted by atomic mass is 9.87. The van der Waals surface area contributed by atoms with Crippen molar-refractivity contribution in [2.45, 2.75) is 62.9 Å². The minimum atomic E-state index is -1.63. The molecule has 11 heteroatoms. The van der Waals surface area contributed by atoms with Crippen LogP contribution in [0.1, 0.15) is 61.8 Å². The predicted molar refractivity (Wildman–Crippen MR) is 212 cm³/mol. The Morgan fingerprint density at radius 1 is 1.04 bits per heavy atom. The molecule has 282 valence electrons. The van der Waals surface area contributed by atoms with Crippen molar-refractivity contribution in [3.8, 4) is 5.88 Å². The lowest BCUT2D eigenvalue weighted by Gasteiger charge is -2.38. The molecule has 0 saturated carbocycles. The Morgan fingerprint density at radius 3 is 2.34 bits per heavy atom. The maximum Gasteiger partial charge on any atom is 0.252 e. The largest absolute Gasteiger partial charge is 0.471 e. The number of ether oxygens (including phenoxy) is 1. The first-order chi connectivity index (χ1) is 25.5. The van der Waals surface area contributed by atoms with Gasteiger partial charge in [0.1, 0.15) is 13.2 Å². The van der Waals surface area contributed by atoms with Crippen molar-refractivity contribution in [3.05, 3.63) is 108 Å². The van der Waals surface area contributed by atoms with Crippen LogP contribution >= 0.6 is 0 Å². The number of unbranched alkanes of at least 4 members (excludes halogenated alkanes) is 1. The zero-order chi connectivity index (χ0) is 37.8. The summed E-state index contributed by atoms with van der Waals surface area (Å²) in [5.74, 6) is -0.628. The molecule has 4 aromatic rings. The van der Waals surface area contributed by atoms with E-state index in [2.05, 4.69) is 74.1 Å². The summed E-state index contributed by atoms with van der Waals surface area (Å²) in [5, 5.41) is 16.0. The molecular formula is C42H57N8O3+. The van der Waals surface area contributed by atoms with E-state index in [1.807, 2.05) is 53.4 Å². The number of fused-ring (bicyclic) bond motifs is 1. The average molecular weight is 722 g/mol. The lowest BCUT2D eigenvalue weighted by molar-refractivity contribution is -0.891. The molecular weight excluding hydrogens is 665 g/mol. The van der Waals surface area contributed by atoms with Gasteiger partial charge >= 0.3 is 0 Å². The molecule has 11 nitrogen and oxygen atoms in total. The molecule has 53 heavy (non-hydrogen) atoms. The molecule has 1 aromatic heterocycles. The van der Waals surface area contributed by atoms with E-state index in [0.717, 1.165) is 46.9 Å². The van der Waals surface area contributed by atoms with Gasteiger partial charge in [0.05, 0.1) is 26.7 Å². The Hall–Kier alpha value is -5.00. The number of pyridine rings is 1. The van der Waals surface area contributed by atoms with Crippen LogP contribution in [-0.2, 0) is 16.0 Å². The van der Waals surface area contributed by atoms with Crippen LogP contribution in [0, 0.1) is 5.41 Å². The molecule has 3 aromatic carbocycles. The molecule has 0 spiro atoms. The van der Waals surface area contributed by atoms with E-state index < -0.39 is 11.4 Å². The highest BCUT2D eigenvalue weighted by atomic mass is 16.5. The van der Waals surface area contributed by atoms with E-state index >= 15 is 0 Å². The number of nitrogens with one attached hydrogen (secondary N) is 3. The fourth-order valence-corrected chi connectivity index (χ4v) is 7.42. The van der Waals surface area contributed by atoms with Gasteiger partial charge in [-0.1, -0.05) is 92.2 Å². The van der Waals surface area contributed by atoms with Gasteiger partial charge in [-0.15, -0.1) is 0 Å². The summed E-state index contributed by atoms with van der Waals surface area (Å²) in [5.41, 5.74) is 13.3. The second-order valence-electron chi connectivity index (χ2n) is 14.9. The SMILES string of the molecule is CCCCc1cc2ccccc2c(OCC[N+](C)(C)C[C@@H]2CCN(CC(c3ccccc3)c3ccccc3)C(=O)[C@](CCCNC(=N)N)(C(N)=O)N2)n1. The van der Waals surface area contributed by atoms with Crippen LogP contribution in [0.15, 0.2) is 91.0 Å². The standard InChI is InChI=1S/C42H56N8O3/c1-4-5-20-34-28-33-19-12-13-21-36(33)38(47-34)53-27-26-50(2,3)30-35-22-25-49(40(52)42(48-35,39(43)51)23-14-24-46-41(44)45)29-37(31-15-8-6-9-16-31)32-17-10-7-11-18-32/h6-13,15-19,21,28,35,37,48H,4-5,14,20,22-27,29-30H2,1-3H3,(H5-,43,44,45,46,51)/p+1/t35-,42-/m0/s1. The number of carbonyl (C=O) groups excluding carboxylic acids is 2. The van der Waals surface area contributed by atoms with Crippen molar-refractivity contribution in [1.29, 1.82) is 5.41 Å². The summed E-state index contributed by atoms with van der Waals surface area (Å²) in [6.45, 7) is 5.14. The van der Waals surface area contributed by atoms with E-state index in [0.29, 0.717) is 62.5 Å². The Morgan fingerprint density at radius 2 is 1.70 bits per heavy atom. The third-order valence-electron chi connectivity index (χ3n) is 10.3. The van der Waals surface area contributed by atoms with Crippen molar-refractivity contribution >= 4 is 28.5 Å². The summed E-state index contributed by atoms with van der Waals surface area (Å²) >= 11 is 0. The number of guanidine groups is 1. The summed E-state index contributed by atoms with van der Waals surface area (Å²) in [4.78, 5) is 35.0. The molecule has 1 fully saturated rings. The van der Waals surface area contributed by atoms with Crippen LogP contribution in [0.5, 0.6) is 5.88 Å². The number of nitrogens with zero attached hydrogens (tertiary/aromatic N) is 3. The average Bonchev–Trinajstić information content (AvgIpc) is 3.27. The van der Waals surface area contributed by atoms with Crippen LogP contribution in [0.3, 0.4) is 0 Å². The summed E-state index contributed by atoms with van der Waals surface area (Å²) in [7, 11) is 4.28. The molecule has 5 rings (SSSR count). The zero-order valence-electron chi connectivity index (χ0n) is 31.5. The number of quaternary nitrogens is 1. The monoisotopic (exact) mass is 721 g/mol. The van der Waals surface area contributed by atoms with Crippen molar-refractivity contribution in [3.63, 3.8) is 0 Å². The number of hydrogen-bond donors (Lipinski definition) is 5. The van der Waals surface area contributed by atoms with E-state index in [1.165, 1.54) is 0 Å². The van der Waals surface area contributed by atoms with Gasteiger partial charge < -0.3 is 30.9 Å². The number of amides is 2. The molecule has 2 heterocycles. The van der Waals surface area contributed by atoms with Crippen LogP contribution < -0.4 is 26.8 Å². The summed E-state index contributed by atoms with van der Waals surface area (Å²) in [6, 6.07) is 30.5. The third kappa shape index (κ3) is 10.3. The second-order valence-corrected chi connectivity index (χ2v) is 14.9. The Labute approximate surface area is 314 Å². The topological polar surface area (TPSA) is 159 Å². The highest BCUT2D eigenvalue weighted by Crippen LogP contribution is 2.30. The molecule has 1 aliphatic rings. The number of nitrogens with two attached hydrogens (primary N) is 2. The molecule has 0 radical (unpaired) electrons. The first-order valence-corrected chi connectivity index (χ1v) is 18.9. The number of carbonyl (C=O) groups is 2. The number of aromatic nitrogens is 1. The maximum absolute atomic E-state index is 14.7. The minimum Gasteiger partial charge on any atom is -0.471 e. The number of aryl methyl sites for hydroxylation is 1. The summed E-state index contributed by atoms with van der Waals surface area (Å²) < 4.78 is 6.98. The third-order valence-corrected chi connectivity index (χ3v) is 10.3. The molecule has 1 aliphatic heterocycles. The van der Waals surface area contributed by atoms with Gasteiger partial charge in [-0.05, 0) is 60.7 Å². The van der Waals surface area contributed by atoms with Crippen LogP contribution in [-0.4, -0.2) is 97.1 Å². The van der Waals surface area contributed by atoms with E-state index in [1.54, 1.807) is 0 Å². The van der Waals surface area contributed by atoms with Gasteiger partial charge in [0, 0.05) is 36.6 Å². The molecule has 0 unspecified atom stereocenters. The van der Waals surface area contributed by atoms with Crippen molar-refractivity contribution < 1.29 is 18.8 Å². The molecule has 0 bridgehead atoms. The van der Waals surface area contributed by atoms with Crippen molar-refractivity contribution in [2.75, 3.05) is 53.4 Å². The van der Waals surface area contributed by atoms with Crippen molar-refractivity contribution in [1.82, 2.24) is 20.5 Å².